The molecule has 0 bridgehead atoms. The molecule has 0 saturated carbocycles. The van der Waals surface area contributed by atoms with Crippen molar-refractivity contribution in [3.05, 3.63) is 35.4 Å². The second-order valence-corrected chi connectivity index (χ2v) is 10.3. The first kappa shape index (κ1) is 21.6. The molecular weight excluding hydrogens is 378 g/mol. The number of hydrogen-bond acceptors (Lipinski definition) is 6. The van der Waals surface area contributed by atoms with Gasteiger partial charge in [0.25, 0.3) is 0 Å². The molecular formula is C20H27N3O2S2. The Labute approximate surface area is 169 Å². The van der Waals surface area contributed by atoms with Gasteiger partial charge in [-0.1, -0.05) is 80.6 Å². The summed E-state index contributed by atoms with van der Waals surface area (Å²) in [6.07, 6.45) is 1.45. The van der Waals surface area contributed by atoms with Gasteiger partial charge in [0, 0.05) is 12.0 Å². The summed E-state index contributed by atoms with van der Waals surface area (Å²) in [7, 11) is 0. The second kappa shape index (κ2) is 9.46. The minimum atomic E-state index is -0.0461. The summed E-state index contributed by atoms with van der Waals surface area (Å²) >= 11 is 2.64. The topological polar surface area (TPSA) is 72.0 Å². The Balaban J connectivity index is 1.81. The monoisotopic (exact) mass is 405 g/mol. The molecule has 0 spiro atoms. The Morgan fingerprint density at radius 3 is 2.48 bits per heavy atom. The molecule has 2 rings (SSSR count). The lowest BCUT2D eigenvalue weighted by molar-refractivity contribution is -0.117. The maximum atomic E-state index is 12.2. The molecule has 146 valence electrons. The molecule has 0 aliphatic rings. The van der Waals surface area contributed by atoms with Gasteiger partial charge >= 0.3 is 0 Å². The van der Waals surface area contributed by atoms with E-state index in [0.717, 1.165) is 12.0 Å². The lowest BCUT2D eigenvalue weighted by Crippen LogP contribution is -2.18. The smallest absolute Gasteiger partial charge is 0.226 e. The Hall–Kier alpha value is -1.73. The first-order chi connectivity index (χ1) is 12.6. The third kappa shape index (κ3) is 7.81. The van der Waals surface area contributed by atoms with E-state index in [4.69, 9.17) is 0 Å². The molecule has 0 saturated heterocycles. The van der Waals surface area contributed by atoms with Gasteiger partial charge in [0.05, 0.1) is 5.75 Å². The number of hydrogen-bond donors (Lipinski definition) is 1. The molecule has 1 atom stereocenters. The highest BCUT2D eigenvalue weighted by atomic mass is 32.2. The van der Waals surface area contributed by atoms with E-state index in [0.29, 0.717) is 33.1 Å². The van der Waals surface area contributed by atoms with Crippen molar-refractivity contribution in [1.29, 1.82) is 0 Å². The zero-order valence-corrected chi connectivity index (χ0v) is 18.2. The van der Waals surface area contributed by atoms with Crippen LogP contribution in [0.15, 0.2) is 28.6 Å². The van der Waals surface area contributed by atoms with Crippen LogP contribution in [0.2, 0.25) is 0 Å². The van der Waals surface area contributed by atoms with E-state index in [2.05, 4.69) is 43.2 Å². The Morgan fingerprint density at radius 2 is 1.85 bits per heavy atom. The Bertz CT molecular complexity index is 779. The van der Waals surface area contributed by atoms with E-state index >= 15 is 0 Å². The normalized spacial score (nSPS) is 12.6. The van der Waals surface area contributed by atoms with Crippen LogP contribution in [0, 0.1) is 18.3 Å². The number of thioether (sulfide) groups is 1. The molecule has 1 amide bonds. The number of anilines is 1. The number of ketones is 1. The average Bonchev–Trinajstić information content (AvgIpc) is 2.98. The summed E-state index contributed by atoms with van der Waals surface area (Å²) in [6.45, 7) is 10.6. The second-order valence-electron chi connectivity index (χ2n) is 8.07. The van der Waals surface area contributed by atoms with Crippen molar-refractivity contribution in [3.8, 4) is 0 Å². The molecule has 1 aromatic heterocycles. The van der Waals surface area contributed by atoms with Gasteiger partial charge in [-0.2, -0.15) is 0 Å². The highest BCUT2D eigenvalue weighted by Gasteiger charge is 2.18. The van der Waals surface area contributed by atoms with Crippen molar-refractivity contribution in [3.63, 3.8) is 0 Å². The highest BCUT2D eigenvalue weighted by molar-refractivity contribution is 8.01. The Kier molecular flexibility index (Phi) is 7.56. The molecule has 0 fully saturated rings. The van der Waals surface area contributed by atoms with E-state index in [1.807, 2.05) is 31.2 Å². The molecule has 2 aromatic rings. The summed E-state index contributed by atoms with van der Waals surface area (Å²) in [5.41, 5.74) is 2.02. The minimum Gasteiger partial charge on any atom is -0.300 e. The number of nitrogens with zero attached hydrogens (tertiary/aromatic N) is 2. The number of carbonyl (C=O) groups is 2. The minimum absolute atomic E-state index is 0.0461. The number of nitrogens with one attached hydrogen (secondary N) is 1. The van der Waals surface area contributed by atoms with Crippen LogP contribution in [0.1, 0.15) is 56.5 Å². The average molecular weight is 406 g/mol. The Morgan fingerprint density at radius 1 is 1.19 bits per heavy atom. The lowest BCUT2D eigenvalue weighted by Gasteiger charge is -2.22. The molecule has 5 nitrogen and oxygen atoms in total. The molecule has 0 aliphatic carbocycles. The molecule has 1 N–H and O–H groups in total. The zero-order valence-electron chi connectivity index (χ0n) is 16.5. The molecule has 0 aliphatic heterocycles. The SMILES string of the molecule is Cc1ccc(C(=O)CSc2nnc(NC(=O)C[C@H](C)CC(C)(C)C)s2)cc1. The van der Waals surface area contributed by atoms with Crippen LogP contribution in [-0.4, -0.2) is 27.6 Å². The van der Waals surface area contributed by atoms with E-state index in [9.17, 15) is 9.59 Å². The van der Waals surface area contributed by atoms with Gasteiger partial charge in [0.1, 0.15) is 0 Å². The summed E-state index contributed by atoms with van der Waals surface area (Å²) < 4.78 is 0.675. The van der Waals surface area contributed by atoms with Crippen LogP contribution < -0.4 is 5.32 Å². The lowest BCUT2D eigenvalue weighted by atomic mass is 9.84. The molecule has 1 heterocycles. The van der Waals surface area contributed by atoms with Crippen molar-refractivity contribution < 1.29 is 9.59 Å². The number of carbonyl (C=O) groups excluding carboxylic acids is 2. The van der Waals surface area contributed by atoms with Gasteiger partial charge in [-0.25, -0.2) is 0 Å². The summed E-state index contributed by atoms with van der Waals surface area (Å²) in [6, 6.07) is 7.53. The van der Waals surface area contributed by atoms with Crippen LogP contribution in [0.4, 0.5) is 5.13 Å². The van der Waals surface area contributed by atoms with Gasteiger partial charge < -0.3 is 5.32 Å². The maximum absolute atomic E-state index is 12.2. The molecule has 0 radical (unpaired) electrons. The van der Waals surface area contributed by atoms with Gasteiger partial charge in [0.2, 0.25) is 11.0 Å². The van der Waals surface area contributed by atoms with Crippen LogP contribution in [0.3, 0.4) is 0 Å². The fourth-order valence-corrected chi connectivity index (χ4v) is 4.54. The van der Waals surface area contributed by atoms with E-state index in [1.54, 1.807) is 0 Å². The number of Topliss-reactive ketones (excluding diaryl/α,β-unsaturated/α-hetero) is 1. The number of aryl methyl sites for hydroxylation is 1. The third-order valence-electron chi connectivity index (χ3n) is 3.85. The highest BCUT2D eigenvalue weighted by Crippen LogP contribution is 2.28. The predicted octanol–water partition coefficient (Wildman–Crippen LogP) is 5.22. The summed E-state index contributed by atoms with van der Waals surface area (Å²) in [4.78, 5) is 24.4. The standard InChI is InChI=1S/C20H27N3O2S2/c1-13-6-8-15(9-7-13)16(24)12-26-19-23-22-18(27-19)21-17(25)10-14(2)11-20(3,4)5/h6-9,14H,10-12H2,1-5H3,(H,21,22,25)/t14-/m0/s1. The van der Waals surface area contributed by atoms with Crippen LogP contribution >= 0.6 is 23.1 Å². The fraction of sp³-hybridized carbons (Fsp3) is 0.500. The van der Waals surface area contributed by atoms with Gasteiger partial charge in [-0.3, -0.25) is 9.59 Å². The van der Waals surface area contributed by atoms with Crippen LogP contribution in [-0.2, 0) is 4.79 Å². The van der Waals surface area contributed by atoms with E-state index in [1.165, 1.54) is 23.1 Å². The van der Waals surface area contributed by atoms with Crippen molar-refractivity contribution in [2.45, 2.75) is 51.8 Å². The van der Waals surface area contributed by atoms with Crippen molar-refractivity contribution >= 4 is 39.9 Å². The molecule has 27 heavy (non-hydrogen) atoms. The number of amides is 1. The summed E-state index contributed by atoms with van der Waals surface area (Å²) in [5, 5.41) is 11.3. The largest absolute Gasteiger partial charge is 0.300 e. The van der Waals surface area contributed by atoms with Gasteiger partial charge in [-0.15, -0.1) is 10.2 Å². The summed E-state index contributed by atoms with van der Waals surface area (Å²) in [5.74, 6) is 0.611. The fourth-order valence-electron chi connectivity index (χ4n) is 2.87. The third-order valence-corrected chi connectivity index (χ3v) is 5.82. The quantitative estimate of drug-likeness (QED) is 0.370. The maximum Gasteiger partial charge on any atom is 0.226 e. The first-order valence-electron chi connectivity index (χ1n) is 8.98. The molecule has 0 unspecified atom stereocenters. The predicted molar refractivity (Wildman–Crippen MR) is 113 cm³/mol. The van der Waals surface area contributed by atoms with Crippen LogP contribution in [0.5, 0.6) is 0 Å². The van der Waals surface area contributed by atoms with Crippen molar-refractivity contribution in [1.82, 2.24) is 10.2 Å². The molecule has 7 heteroatoms. The number of rotatable bonds is 8. The van der Waals surface area contributed by atoms with E-state index < -0.39 is 0 Å². The number of aromatic nitrogens is 2. The van der Waals surface area contributed by atoms with Crippen molar-refractivity contribution in [2.24, 2.45) is 11.3 Å². The van der Waals surface area contributed by atoms with Gasteiger partial charge in [0.15, 0.2) is 10.1 Å². The zero-order chi connectivity index (χ0) is 20.0. The van der Waals surface area contributed by atoms with Crippen molar-refractivity contribution in [2.75, 3.05) is 11.1 Å². The van der Waals surface area contributed by atoms with Crippen LogP contribution in [0.25, 0.3) is 0 Å². The first-order valence-corrected chi connectivity index (χ1v) is 10.8. The van der Waals surface area contributed by atoms with Gasteiger partial charge in [-0.05, 0) is 24.7 Å². The van der Waals surface area contributed by atoms with E-state index in [-0.39, 0.29) is 17.1 Å². The molecule has 1 aromatic carbocycles. The number of benzene rings is 1.